The number of carbonyl (C=O) groups is 2. The van der Waals surface area contributed by atoms with E-state index in [2.05, 4.69) is 5.32 Å². The van der Waals surface area contributed by atoms with Gasteiger partial charge in [-0.3, -0.25) is 4.79 Å². The van der Waals surface area contributed by atoms with E-state index < -0.39 is 24.0 Å². The van der Waals surface area contributed by atoms with Crippen LogP contribution in [-0.4, -0.2) is 39.6 Å². The molecule has 0 aromatic heterocycles. The van der Waals surface area contributed by atoms with Crippen LogP contribution in [0.3, 0.4) is 0 Å². The third-order valence-electron chi connectivity index (χ3n) is 2.96. The number of nitrogens with two attached hydrogens (primary N) is 1. The van der Waals surface area contributed by atoms with E-state index in [1.54, 1.807) is 26.0 Å². The molecule has 7 N–H and O–H groups in total. The molecule has 0 saturated heterocycles. The van der Waals surface area contributed by atoms with Crippen molar-refractivity contribution in [1.82, 2.24) is 5.32 Å². The Morgan fingerprint density at radius 2 is 1.76 bits per heavy atom. The van der Waals surface area contributed by atoms with Gasteiger partial charge in [0.2, 0.25) is 5.91 Å². The molecule has 0 radical (unpaired) electrons. The molecule has 0 saturated carbocycles. The molecule has 2 unspecified atom stereocenters. The first kappa shape index (κ1) is 18.9. The van der Waals surface area contributed by atoms with Crippen LogP contribution in [0.5, 0.6) is 5.75 Å². The number of aliphatic carboxylic acids is 1. The zero-order valence-corrected chi connectivity index (χ0v) is 12.0. The van der Waals surface area contributed by atoms with Crippen LogP contribution in [0.4, 0.5) is 0 Å². The van der Waals surface area contributed by atoms with Crippen LogP contribution >= 0.6 is 0 Å². The topological polar surface area (TPSA) is 144 Å². The fraction of sp³-hybridized carbons (Fsp3) is 0.429. The molecule has 118 valence electrons. The van der Waals surface area contributed by atoms with Gasteiger partial charge in [-0.15, -0.1) is 0 Å². The number of phenolic OH excluding ortho intramolecular Hbond substituents is 1. The van der Waals surface area contributed by atoms with Gasteiger partial charge in [-0.25, -0.2) is 4.79 Å². The largest absolute Gasteiger partial charge is 0.508 e. The summed E-state index contributed by atoms with van der Waals surface area (Å²) in [7, 11) is 0. The van der Waals surface area contributed by atoms with Crippen molar-refractivity contribution in [2.24, 2.45) is 11.7 Å². The van der Waals surface area contributed by atoms with Gasteiger partial charge in [0.1, 0.15) is 11.8 Å². The molecule has 0 spiro atoms. The minimum atomic E-state index is -1.08. The van der Waals surface area contributed by atoms with E-state index >= 15 is 0 Å². The summed E-state index contributed by atoms with van der Waals surface area (Å²) < 4.78 is 0. The normalized spacial score (nSPS) is 13.1. The van der Waals surface area contributed by atoms with E-state index in [1.807, 2.05) is 0 Å². The van der Waals surface area contributed by atoms with Gasteiger partial charge in [0.25, 0.3) is 0 Å². The molecule has 0 heterocycles. The molecule has 1 amide bonds. The highest BCUT2D eigenvalue weighted by Gasteiger charge is 2.25. The zero-order chi connectivity index (χ0) is 15.3. The van der Waals surface area contributed by atoms with Crippen molar-refractivity contribution in [2.75, 3.05) is 0 Å². The summed E-state index contributed by atoms with van der Waals surface area (Å²) in [5.74, 6) is -1.67. The lowest BCUT2D eigenvalue weighted by molar-refractivity contribution is -0.143. The smallest absolute Gasteiger partial charge is 0.326 e. The number of carboxylic acids is 1. The van der Waals surface area contributed by atoms with Gasteiger partial charge in [0.05, 0.1) is 6.04 Å². The number of carbonyl (C=O) groups excluding carboxylic acids is 1. The summed E-state index contributed by atoms with van der Waals surface area (Å²) in [5.41, 5.74) is 6.56. The number of rotatable bonds is 6. The molecule has 21 heavy (non-hydrogen) atoms. The highest BCUT2D eigenvalue weighted by atomic mass is 16.4. The maximum absolute atomic E-state index is 11.9. The van der Waals surface area contributed by atoms with E-state index in [4.69, 9.17) is 15.9 Å². The van der Waals surface area contributed by atoms with Crippen LogP contribution in [-0.2, 0) is 16.0 Å². The molecule has 7 heteroatoms. The fourth-order valence-electron chi connectivity index (χ4n) is 1.75. The summed E-state index contributed by atoms with van der Waals surface area (Å²) in [6, 6.07) is 4.56. The van der Waals surface area contributed by atoms with E-state index in [1.165, 1.54) is 12.1 Å². The Morgan fingerprint density at radius 1 is 1.24 bits per heavy atom. The van der Waals surface area contributed by atoms with Crippen molar-refractivity contribution in [2.45, 2.75) is 32.4 Å². The second kappa shape index (κ2) is 8.23. The Hall–Kier alpha value is -2.12. The number of nitrogens with one attached hydrogen (secondary N) is 1. The maximum Gasteiger partial charge on any atom is 0.326 e. The van der Waals surface area contributed by atoms with E-state index in [9.17, 15) is 9.59 Å². The predicted octanol–water partition coefficient (Wildman–Crippen LogP) is -0.337. The van der Waals surface area contributed by atoms with Crippen molar-refractivity contribution >= 4 is 11.9 Å². The van der Waals surface area contributed by atoms with Crippen LogP contribution in [0.2, 0.25) is 0 Å². The summed E-state index contributed by atoms with van der Waals surface area (Å²) in [6.07, 6.45) is 0.274. The first-order valence-corrected chi connectivity index (χ1v) is 6.38. The van der Waals surface area contributed by atoms with Crippen LogP contribution in [0.1, 0.15) is 19.4 Å². The van der Waals surface area contributed by atoms with Gasteiger partial charge >= 0.3 is 5.97 Å². The molecular weight excluding hydrogens is 276 g/mol. The van der Waals surface area contributed by atoms with E-state index in [0.29, 0.717) is 0 Å². The molecule has 0 bridgehead atoms. The molecule has 0 aliphatic rings. The molecule has 1 aromatic rings. The summed E-state index contributed by atoms with van der Waals surface area (Å²) in [6.45, 7) is 3.43. The van der Waals surface area contributed by atoms with E-state index in [-0.39, 0.29) is 23.6 Å². The Kier molecular flexibility index (Phi) is 7.40. The lowest BCUT2D eigenvalue weighted by Gasteiger charge is -2.20. The number of benzene rings is 1. The monoisotopic (exact) mass is 298 g/mol. The Labute approximate surface area is 123 Å². The highest BCUT2D eigenvalue weighted by Crippen LogP contribution is 2.11. The second-order valence-electron chi connectivity index (χ2n) is 5.05. The number of hydrogen-bond acceptors (Lipinski definition) is 4. The maximum atomic E-state index is 11.9. The average molecular weight is 298 g/mol. The van der Waals surface area contributed by atoms with Gasteiger partial charge in [0.15, 0.2) is 0 Å². The van der Waals surface area contributed by atoms with Crippen LogP contribution in [0.25, 0.3) is 0 Å². The number of aromatic hydroxyl groups is 1. The van der Waals surface area contributed by atoms with Gasteiger partial charge in [0, 0.05) is 0 Å². The predicted molar refractivity (Wildman–Crippen MR) is 77.8 cm³/mol. The van der Waals surface area contributed by atoms with Crippen LogP contribution < -0.4 is 11.1 Å². The minimum absolute atomic E-state index is 0. The van der Waals surface area contributed by atoms with Crippen molar-refractivity contribution < 1.29 is 25.3 Å². The first-order valence-electron chi connectivity index (χ1n) is 6.38. The van der Waals surface area contributed by atoms with Gasteiger partial charge in [-0.05, 0) is 30.0 Å². The van der Waals surface area contributed by atoms with Crippen LogP contribution in [0, 0.1) is 5.92 Å². The molecule has 0 aliphatic heterocycles. The van der Waals surface area contributed by atoms with Crippen molar-refractivity contribution in [1.29, 1.82) is 0 Å². The molecule has 0 fully saturated rings. The van der Waals surface area contributed by atoms with Gasteiger partial charge in [-0.2, -0.15) is 0 Å². The number of carboxylic acid groups (broad SMARTS) is 1. The van der Waals surface area contributed by atoms with Gasteiger partial charge < -0.3 is 26.7 Å². The standard InChI is InChI=1S/C14H20N2O4.H2O/c1-8(2)12(14(19)20)16-13(18)11(15)7-9-3-5-10(17)6-4-9;/h3-6,8,11-12,17H,7,15H2,1-2H3,(H,16,18)(H,19,20);1H2. The molecule has 2 atom stereocenters. The summed E-state index contributed by atoms with van der Waals surface area (Å²) >= 11 is 0. The quantitative estimate of drug-likeness (QED) is 0.568. The third-order valence-corrected chi connectivity index (χ3v) is 2.96. The lowest BCUT2D eigenvalue weighted by Crippen LogP contribution is -2.51. The zero-order valence-electron chi connectivity index (χ0n) is 12.0. The SMILES string of the molecule is CC(C)C(NC(=O)C(N)Cc1ccc(O)cc1)C(=O)O.O. The molecule has 1 rings (SSSR count). The number of phenols is 1. The molecule has 0 aliphatic carbocycles. The Morgan fingerprint density at radius 3 is 2.19 bits per heavy atom. The first-order chi connectivity index (χ1) is 9.31. The van der Waals surface area contributed by atoms with Crippen molar-refractivity contribution in [3.05, 3.63) is 29.8 Å². The second-order valence-corrected chi connectivity index (χ2v) is 5.05. The summed E-state index contributed by atoms with van der Waals surface area (Å²) in [4.78, 5) is 22.9. The van der Waals surface area contributed by atoms with Crippen molar-refractivity contribution in [3.63, 3.8) is 0 Å². The average Bonchev–Trinajstić information content (AvgIpc) is 2.37. The summed E-state index contributed by atoms with van der Waals surface area (Å²) in [5, 5.41) is 20.6. The van der Waals surface area contributed by atoms with E-state index in [0.717, 1.165) is 5.56 Å². The Balaban J connectivity index is 0.00000400. The van der Waals surface area contributed by atoms with Gasteiger partial charge in [-0.1, -0.05) is 26.0 Å². The molecular formula is C14H22N2O5. The Bertz CT molecular complexity index is 473. The molecule has 7 nitrogen and oxygen atoms in total. The lowest BCUT2D eigenvalue weighted by atomic mass is 10.0. The highest BCUT2D eigenvalue weighted by molar-refractivity contribution is 5.87. The number of amides is 1. The van der Waals surface area contributed by atoms with Crippen LogP contribution in [0.15, 0.2) is 24.3 Å². The molecule has 1 aromatic carbocycles. The third kappa shape index (κ3) is 5.80. The fourth-order valence-corrected chi connectivity index (χ4v) is 1.75. The number of hydrogen-bond donors (Lipinski definition) is 4. The van der Waals surface area contributed by atoms with Crippen molar-refractivity contribution in [3.8, 4) is 5.75 Å². The minimum Gasteiger partial charge on any atom is -0.508 e.